The van der Waals surface area contributed by atoms with Crippen molar-refractivity contribution in [2.75, 3.05) is 22.9 Å². The Hall–Kier alpha value is -2.80. The number of hydrogen-bond acceptors (Lipinski definition) is 5. The topological polar surface area (TPSA) is 77.0 Å². The van der Waals surface area contributed by atoms with Crippen molar-refractivity contribution in [1.29, 1.82) is 0 Å². The molecule has 3 aromatic rings. The van der Waals surface area contributed by atoms with Gasteiger partial charge >= 0.3 is 0 Å². The summed E-state index contributed by atoms with van der Waals surface area (Å²) in [7, 11) is 1.91. The summed E-state index contributed by atoms with van der Waals surface area (Å²) < 4.78 is 1.90. The van der Waals surface area contributed by atoms with Crippen LogP contribution in [0.3, 0.4) is 0 Å². The van der Waals surface area contributed by atoms with Gasteiger partial charge in [0.05, 0.1) is 5.75 Å². The van der Waals surface area contributed by atoms with Gasteiger partial charge in [0.15, 0.2) is 11.0 Å². The van der Waals surface area contributed by atoms with Crippen LogP contribution < -0.4 is 10.6 Å². The van der Waals surface area contributed by atoms with Crippen LogP contribution in [0.25, 0.3) is 11.4 Å². The van der Waals surface area contributed by atoms with E-state index < -0.39 is 0 Å². The van der Waals surface area contributed by atoms with Crippen LogP contribution in [0.4, 0.5) is 11.4 Å². The minimum absolute atomic E-state index is 0.0944. The van der Waals surface area contributed by atoms with E-state index in [0.717, 1.165) is 35.2 Å². The third-order valence-electron chi connectivity index (χ3n) is 4.52. The first kappa shape index (κ1) is 16.7. The zero-order valence-corrected chi connectivity index (χ0v) is 15.2. The monoisotopic (exact) mass is 365 g/mol. The molecule has 1 aliphatic rings. The van der Waals surface area contributed by atoms with Crippen LogP contribution in [0.5, 0.6) is 0 Å². The number of anilines is 2. The molecule has 0 radical (unpaired) electrons. The minimum atomic E-state index is 0.0944. The summed E-state index contributed by atoms with van der Waals surface area (Å²) in [4.78, 5) is 14.5. The molecule has 1 amide bonds. The Bertz CT molecular complexity index is 951. The Morgan fingerprint density at radius 1 is 1.15 bits per heavy atom. The molecule has 0 spiro atoms. The van der Waals surface area contributed by atoms with E-state index >= 15 is 0 Å². The number of amides is 1. The predicted octanol–water partition coefficient (Wildman–Crippen LogP) is 2.75. The van der Waals surface area contributed by atoms with Crippen LogP contribution in [0, 0.1) is 0 Å². The molecule has 4 rings (SSSR count). The molecule has 0 saturated carbocycles. The van der Waals surface area contributed by atoms with E-state index in [9.17, 15) is 4.79 Å². The third kappa shape index (κ3) is 3.06. The normalized spacial score (nSPS) is 13.0. The van der Waals surface area contributed by atoms with E-state index in [4.69, 9.17) is 5.73 Å². The van der Waals surface area contributed by atoms with E-state index in [0.29, 0.717) is 11.4 Å². The second-order valence-electron chi connectivity index (χ2n) is 6.20. The van der Waals surface area contributed by atoms with Crippen molar-refractivity contribution in [1.82, 2.24) is 14.8 Å². The van der Waals surface area contributed by atoms with Crippen LogP contribution in [-0.2, 0) is 18.3 Å². The van der Waals surface area contributed by atoms with Gasteiger partial charge in [-0.1, -0.05) is 30.0 Å². The highest BCUT2D eigenvalue weighted by atomic mass is 32.2. The number of aromatic nitrogens is 3. The van der Waals surface area contributed by atoms with Gasteiger partial charge in [-0.3, -0.25) is 4.79 Å². The van der Waals surface area contributed by atoms with Gasteiger partial charge < -0.3 is 15.2 Å². The van der Waals surface area contributed by atoms with Crippen molar-refractivity contribution in [3.8, 4) is 11.4 Å². The second-order valence-corrected chi connectivity index (χ2v) is 7.14. The van der Waals surface area contributed by atoms with Crippen LogP contribution in [-0.4, -0.2) is 33.0 Å². The third-order valence-corrected chi connectivity index (χ3v) is 5.52. The summed E-state index contributed by atoms with van der Waals surface area (Å²) in [6.07, 6.45) is 0.915. The molecule has 0 fully saturated rings. The van der Waals surface area contributed by atoms with E-state index in [2.05, 4.69) is 16.3 Å². The number of hydrogen-bond donors (Lipinski definition) is 1. The maximum atomic E-state index is 12.6. The summed E-state index contributed by atoms with van der Waals surface area (Å²) in [6.45, 7) is 0.744. The Morgan fingerprint density at radius 3 is 2.73 bits per heavy atom. The standard InChI is InChI=1S/C19H19N5OS/c1-23-18(14-6-8-15(20)9-7-14)21-22-19(23)26-12-17(25)24-11-10-13-4-2-3-5-16(13)24/h2-9H,10-12,20H2,1H3. The lowest BCUT2D eigenvalue weighted by molar-refractivity contribution is -0.116. The quantitative estimate of drug-likeness (QED) is 0.568. The van der Waals surface area contributed by atoms with Gasteiger partial charge in [-0.2, -0.15) is 0 Å². The molecule has 1 aliphatic heterocycles. The Labute approximate surface area is 156 Å². The average molecular weight is 365 g/mol. The average Bonchev–Trinajstić information content (AvgIpc) is 3.24. The van der Waals surface area contributed by atoms with Gasteiger partial charge in [0.25, 0.3) is 0 Å². The highest BCUT2D eigenvalue weighted by Crippen LogP contribution is 2.29. The zero-order valence-electron chi connectivity index (χ0n) is 14.4. The van der Waals surface area contributed by atoms with Crippen LogP contribution in [0.2, 0.25) is 0 Å². The van der Waals surface area contributed by atoms with Crippen molar-refractivity contribution in [3.05, 3.63) is 54.1 Å². The molecule has 0 aliphatic carbocycles. The lowest BCUT2D eigenvalue weighted by Gasteiger charge is -2.16. The molecule has 0 saturated heterocycles. The number of carbonyl (C=O) groups is 1. The van der Waals surface area contributed by atoms with Gasteiger partial charge in [-0.15, -0.1) is 10.2 Å². The van der Waals surface area contributed by atoms with Gasteiger partial charge in [0.2, 0.25) is 5.91 Å². The number of thioether (sulfide) groups is 1. The second kappa shape index (κ2) is 6.84. The number of benzene rings is 2. The first-order valence-electron chi connectivity index (χ1n) is 8.40. The fraction of sp³-hybridized carbons (Fsp3) is 0.211. The SMILES string of the molecule is Cn1c(SCC(=O)N2CCc3ccccc32)nnc1-c1ccc(N)cc1. The number of nitrogens with two attached hydrogens (primary N) is 1. The lowest BCUT2D eigenvalue weighted by Crippen LogP contribution is -2.30. The predicted molar refractivity (Wildman–Crippen MR) is 104 cm³/mol. The lowest BCUT2D eigenvalue weighted by atomic mass is 10.2. The van der Waals surface area contributed by atoms with Crippen molar-refractivity contribution < 1.29 is 4.79 Å². The smallest absolute Gasteiger partial charge is 0.237 e. The van der Waals surface area contributed by atoms with E-state index in [1.807, 2.05) is 59.0 Å². The van der Waals surface area contributed by atoms with Crippen molar-refractivity contribution in [3.63, 3.8) is 0 Å². The summed E-state index contributed by atoms with van der Waals surface area (Å²) in [6, 6.07) is 15.6. The molecule has 0 bridgehead atoms. The molecule has 2 N–H and O–H groups in total. The highest BCUT2D eigenvalue weighted by Gasteiger charge is 2.24. The van der Waals surface area contributed by atoms with Crippen molar-refractivity contribution >= 4 is 29.0 Å². The largest absolute Gasteiger partial charge is 0.399 e. The molecule has 132 valence electrons. The number of nitrogens with zero attached hydrogens (tertiary/aromatic N) is 4. The zero-order chi connectivity index (χ0) is 18.1. The van der Waals surface area contributed by atoms with Crippen LogP contribution in [0.15, 0.2) is 53.7 Å². The van der Waals surface area contributed by atoms with Crippen molar-refractivity contribution in [2.45, 2.75) is 11.6 Å². The van der Waals surface area contributed by atoms with Crippen molar-refractivity contribution in [2.24, 2.45) is 7.05 Å². The molecule has 0 atom stereocenters. The summed E-state index contributed by atoms with van der Waals surface area (Å²) >= 11 is 1.41. The molecule has 26 heavy (non-hydrogen) atoms. The number of nitrogen functional groups attached to an aromatic ring is 1. The first-order valence-corrected chi connectivity index (χ1v) is 9.38. The molecular weight excluding hydrogens is 346 g/mol. The Morgan fingerprint density at radius 2 is 1.92 bits per heavy atom. The number of fused-ring (bicyclic) bond motifs is 1. The molecule has 1 aromatic heterocycles. The van der Waals surface area contributed by atoms with E-state index in [1.54, 1.807) is 0 Å². The Kier molecular flexibility index (Phi) is 4.38. The van der Waals surface area contributed by atoms with Gasteiger partial charge in [0, 0.05) is 30.5 Å². The fourth-order valence-corrected chi connectivity index (χ4v) is 3.91. The minimum Gasteiger partial charge on any atom is -0.399 e. The molecule has 2 aromatic carbocycles. The van der Waals surface area contributed by atoms with E-state index in [1.165, 1.54) is 17.3 Å². The summed E-state index contributed by atoms with van der Waals surface area (Å²) in [5.41, 5.74) is 9.65. The van der Waals surface area contributed by atoms with Gasteiger partial charge in [0.1, 0.15) is 0 Å². The highest BCUT2D eigenvalue weighted by molar-refractivity contribution is 7.99. The number of rotatable bonds is 4. The molecule has 0 unspecified atom stereocenters. The maximum Gasteiger partial charge on any atom is 0.237 e. The van der Waals surface area contributed by atoms with Crippen LogP contribution >= 0.6 is 11.8 Å². The number of para-hydroxylation sites is 1. The van der Waals surface area contributed by atoms with E-state index in [-0.39, 0.29) is 5.91 Å². The molecule has 7 heteroatoms. The fourth-order valence-electron chi connectivity index (χ4n) is 3.13. The molecule has 6 nitrogen and oxygen atoms in total. The number of carbonyl (C=O) groups excluding carboxylic acids is 1. The molecule has 2 heterocycles. The Balaban J connectivity index is 1.46. The van der Waals surface area contributed by atoms with Crippen LogP contribution in [0.1, 0.15) is 5.56 Å². The van der Waals surface area contributed by atoms with Gasteiger partial charge in [-0.25, -0.2) is 0 Å². The summed E-state index contributed by atoms with van der Waals surface area (Å²) in [5, 5.41) is 9.20. The maximum absolute atomic E-state index is 12.6. The first-order chi connectivity index (χ1) is 12.6. The summed E-state index contributed by atoms with van der Waals surface area (Å²) in [5.74, 6) is 1.19. The van der Waals surface area contributed by atoms with Gasteiger partial charge in [-0.05, 0) is 42.3 Å². The molecular formula is C19H19N5OS.